The van der Waals surface area contributed by atoms with E-state index in [4.69, 9.17) is 9.47 Å². The Balaban J connectivity index is 2.44. The summed E-state index contributed by atoms with van der Waals surface area (Å²) in [4.78, 5) is 4.43. The van der Waals surface area contributed by atoms with Crippen LogP contribution in [0.15, 0.2) is 6.07 Å². The van der Waals surface area contributed by atoms with Gasteiger partial charge in [0.2, 0.25) is 5.88 Å². The zero-order valence-corrected chi connectivity index (χ0v) is 7.96. The van der Waals surface area contributed by atoms with Crippen LogP contribution in [0.4, 0.5) is 0 Å². The summed E-state index contributed by atoms with van der Waals surface area (Å²) in [6, 6.07) is 2.10. The van der Waals surface area contributed by atoms with E-state index in [9.17, 15) is 0 Å². The molecule has 3 nitrogen and oxygen atoms in total. The first-order valence-electron chi connectivity index (χ1n) is 4.42. The van der Waals surface area contributed by atoms with Gasteiger partial charge in [-0.25, -0.2) is 4.98 Å². The Hall–Kier alpha value is -1.09. The van der Waals surface area contributed by atoms with Gasteiger partial charge in [0, 0.05) is 12.0 Å². The Labute approximate surface area is 77.7 Å². The number of methoxy groups -OCH3 is 1. The lowest BCUT2D eigenvalue weighted by Gasteiger charge is -2.17. The van der Waals surface area contributed by atoms with Crippen molar-refractivity contribution in [1.82, 2.24) is 4.98 Å². The van der Waals surface area contributed by atoms with Gasteiger partial charge >= 0.3 is 0 Å². The Kier molecular flexibility index (Phi) is 2.19. The molecule has 0 fully saturated rings. The van der Waals surface area contributed by atoms with E-state index >= 15 is 0 Å². The highest BCUT2D eigenvalue weighted by atomic mass is 16.5. The van der Waals surface area contributed by atoms with Gasteiger partial charge in [-0.05, 0) is 18.6 Å². The van der Waals surface area contributed by atoms with Crippen molar-refractivity contribution < 1.29 is 9.47 Å². The van der Waals surface area contributed by atoms with Crippen LogP contribution in [0.1, 0.15) is 16.8 Å². The number of ether oxygens (including phenoxy) is 2. The third-order valence-electron chi connectivity index (χ3n) is 2.27. The molecule has 1 aromatic heterocycles. The second-order valence-electron chi connectivity index (χ2n) is 3.22. The molecule has 0 saturated carbocycles. The maximum absolute atomic E-state index is 5.34. The van der Waals surface area contributed by atoms with Crippen LogP contribution in [0.2, 0.25) is 0 Å². The lowest BCUT2D eigenvalue weighted by molar-refractivity contribution is 0.109. The smallest absolute Gasteiger partial charge is 0.216 e. The van der Waals surface area contributed by atoms with Crippen LogP contribution in [-0.4, -0.2) is 18.7 Å². The second kappa shape index (κ2) is 3.34. The van der Waals surface area contributed by atoms with E-state index in [0.717, 1.165) is 30.2 Å². The highest BCUT2D eigenvalue weighted by Gasteiger charge is 2.13. The number of aromatic nitrogens is 1. The van der Waals surface area contributed by atoms with Gasteiger partial charge in [-0.2, -0.15) is 0 Å². The Morgan fingerprint density at radius 3 is 3.15 bits per heavy atom. The predicted molar refractivity (Wildman–Crippen MR) is 48.9 cm³/mol. The summed E-state index contributed by atoms with van der Waals surface area (Å²) in [6.45, 7) is 3.46. The maximum Gasteiger partial charge on any atom is 0.216 e. The largest absolute Gasteiger partial charge is 0.481 e. The van der Waals surface area contributed by atoms with E-state index in [1.807, 2.05) is 6.92 Å². The maximum atomic E-state index is 5.34. The van der Waals surface area contributed by atoms with Gasteiger partial charge in [-0.1, -0.05) is 0 Å². The van der Waals surface area contributed by atoms with Crippen molar-refractivity contribution >= 4 is 0 Å². The minimum Gasteiger partial charge on any atom is -0.481 e. The first kappa shape index (κ1) is 8.51. The topological polar surface area (TPSA) is 31.4 Å². The zero-order chi connectivity index (χ0) is 9.26. The molecule has 3 heteroatoms. The average Bonchev–Trinajstić information content (AvgIpc) is 2.17. The van der Waals surface area contributed by atoms with Crippen LogP contribution in [0, 0.1) is 6.92 Å². The fourth-order valence-electron chi connectivity index (χ4n) is 1.59. The quantitative estimate of drug-likeness (QED) is 0.654. The molecule has 0 aliphatic carbocycles. The van der Waals surface area contributed by atoms with E-state index < -0.39 is 0 Å². The highest BCUT2D eigenvalue weighted by molar-refractivity contribution is 5.34. The number of fused-ring (bicyclic) bond motifs is 1. The highest BCUT2D eigenvalue weighted by Crippen LogP contribution is 2.22. The Morgan fingerprint density at radius 2 is 2.38 bits per heavy atom. The number of pyridine rings is 1. The van der Waals surface area contributed by atoms with Crippen LogP contribution < -0.4 is 4.74 Å². The summed E-state index contributed by atoms with van der Waals surface area (Å²) in [5, 5.41) is 0. The van der Waals surface area contributed by atoms with Gasteiger partial charge < -0.3 is 9.47 Å². The number of hydrogen-bond donors (Lipinski definition) is 0. The van der Waals surface area contributed by atoms with Crippen LogP contribution in [0.3, 0.4) is 0 Å². The van der Waals surface area contributed by atoms with E-state index in [1.165, 1.54) is 5.56 Å². The van der Waals surface area contributed by atoms with Gasteiger partial charge in [0.05, 0.1) is 26.0 Å². The predicted octanol–water partition coefficient (Wildman–Crippen LogP) is 1.47. The summed E-state index contributed by atoms with van der Waals surface area (Å²) in [5.41, 5.74) is 3.39. The molecule has 0 aromatic carbocycles. The van der Waals surface area contributed by atoms with Crippen molar-refractivity contribution in [2.45, 2.75) is 20.0 Å². The number of hydrogen-bond acceptors (Lipinski definition) is 3. The normalized spacial score (nSPS) is 15.2. The second-order valence-corrected chi connectivity index (χ2v) is 3.22. The zero-order valence-electron chi connectivity index (χ0n) is 7.96. The summed E-state index contributed by atoms with van der Waals surface area (Å²) in [5.74, 6) is 0.737. The van der Waals surface area contributed by atoms with E-state index in [2.05, 4.69) is 11.1 Å². The molecule has 0 amide bonds. The van der Waals surface area contributed by atoms with Gasteiger partial charge in [-0.15, -0.1) is 0 Å². The van der Waals surface area contributed by atoms with Crippen LogP contribution in [0.5, 0.6) is 5.88 Å². The summed E-state index contributed by atoms with van der Waals surface area (Å²) >= 11 is 0. The molecule has 1 aliphatic rings. The SMILES string of the molecule is COc1nc2c(cc1C)COCC2. The molecule has 2 heterocycles. The molecule has 1 aliphatic heterocycles. The van der Waals surface area contributed by atoms with Crippen molar-refractivity contribution in [3.05, 3.63) is 22.9 Å². The molecular formula is C10H13NO2. The molecule has 0 N–H and O–H groups in total. The minimum atomic E-state index is 0.688. The molecule has 1 aromatic rings. The van der Waals surface area contributed by atoms with Crippen molar-refractivity contribution in [2.75, 3.05) is 13.7 Å². The molecule has 0 unspecified atom stereocenters. The average molecular weight is 179 g/mol. The number of aryl methyl sites for hydroxylation is 1. The molecular weight excluding hydrogens is 166 g/mol. The molecule has 13 heavy (non-hydrogen) atoms. The van der Waals surface area contributed by atoms with Crippen LogP contribution in [0.25, 0.3) is 0 Å². The molecule has 0 radical (unpaired) electrons. The monoisotopic (exact) mass is 179 g/mol. The van der Waals surface area contributed by atoms with Crippen LogP contribution >= 0.6 is 0 Å². The Bertz CT molecular complexity index is 323. The molecule has 2 rings (SSSR count). The molecule has 70 valence electrons. The molecule has 0 saturated heterocycles. The lowest BCUT2D eigenvalue weighted by atomic mass is 10.1. The standard InChI is InChI=1S/C10H13NO2/c1-7-5-8-6-13-4-3-9(8)11-10(7)12-2/h5H,3-4,6H2,1-2H3. The summed E-state index contributed by atoms with van der Waals surface area (Å²) < 4.78 is 10.5. The number of nitrogens with zero attached hydrogens (tertiary/aromatic N) is 1. The van der Waals surface area contributed by atoms with Gasteiger partial charge in [-0.3, -0.25) is 0 Å². The van der Waals surface area contributed by atoms with E-state index in [0.29, 0.717) is 6.61 Å². The summed E-state index contributed by atoms with van der Waals surface area (Å²) in [7, 11) is 1.65. The van der Waals surface area contributed by atoms with Gasteiger partial charge in [0.15, 0.2) is 0 Å². The first-order valence-corrected chi connectivity index (χ1v) is 4.42. The lowest BCUT2D eigenvalue weighted by Crippen LogP contribution is -2.12. The molecule has 0 spiro atoms. The number of rotatable bonds is 1. The van der Waals surface area contributed by atoms with Crippen molar-refractivity contribution in [3.63, 3.8) is 0 Å². The first-order chi connectivity index (χ1) is 6.31. The van der Waals surface area contributed by atoms with Gasteiger partial charge in [0.25, 0.3) is 0 Å². The van der Waals surface area contributed by atoms with Crippen molar-refractivity contribution in [1.29, 1.82) is 0 Å². The van der Waals surface area contributed by atoms with Crippen molar-refractivity contribution in [3.8, 4) is 5.88 Å². The fraction of sp³-hybridized carbons (Fsp3) is 0.500. The van der Waals surface area contributed by atoms with E-state index in [1.54, 1.807) is 7.11 Å². The summed E-state index contributed by atoms with van der Waals surface area (Å²) in [6.07, 6.45) is 0.895. The van der Waals surface area contributed by atoms with Crippen LogP contribution in [-0.2, 0) is 17.8 Å². The fourth-order valence-corrected chi connectivity index (χ4v) is 1.59. The van der Waals surface area contributed by atoms with E-state index in [-0.39, 0.29) is 0 Å². The minimum absolute atomic E-state index is 0.688. The third kappa shape index (κ3) is 1.52. The molecule has 0 atom stereocenters. The van der Waals surface area contributed by atoms with Crippen molar-refractivity contribution in [2.24, 2.45) is 0 Å². The third-order valence-corrected chi connectivity index (χ3v) is 2.27. The molecule has 0 bridgehead atoms. The van der Waals surface area contributed by atoms with Gasteiger partial charge in [0.1, 0.15) is 0 Å². The Morgan fingerprint density at radius 1 is 1.54 bits per heavy atom.